The number of aliphatic hydroxyl groups excluding tert-OH is 2. The van der Waals surface area contributed by atoms with E-state index in [1.165, 1.54) is 4.57 Å². The molecule has 3 aromatic heterocycles. The highest BCUT2D eigenvalue weighted by atomic mass is 35.5. The van der Waals surface area contributed by atoms with Gasteiger partial charge in [0.2, 0.25) is 5.82 Å². The minimum Gasteiger partial charge on any atom is -0.388 e. The molecule has 0 unspecified atom stereocenters. The molecule has 9 nitrogen and oxygen atoms in total. The van der Waals surface area contributed by atoms with Crippen LogP contribution in [-0.4, -0.2) is 58.5 Å². The van der Waals surface area contributed by atoms with Gasteiger partial charge in [-0.2, -0.15) is 0 Å². The summed E-state index contributed by atoms with van der Waals surface area (Å²) in [6.45, 7) is 2.07. The zero-order chi connectivity index (χ0) is 20.4. The molecule has 1 fully saturated rings. The van der Waals surface area contributed by atoms with Gasteiger partial charge in [-0.3, -0.25) is 4.57 Å². The zero-order valence-electron chi connectivity index (χ0n) is 15.7. The molecule has 0 aromatic carbocycles. The topological polar surface area (TPSA) is 119 Å². The summed E-state index contributed by atoms with van der Waals surface area (Å²) in [5.41, 5.74) is 0.635. The molecule has 10 heteroatoms. The standard InChI is InChI=1S/C19H19ClN6O3/c1-2-3-4-5-7-12-23-15(20)13-17(24-12)26(19-14(28)11(27)10-29-19)18(25-13)16-21-8-6-9-22-16/h6,8-9,11,14,19,27-28H,2-4,10H2,1H3/t11-,14-,19-/m1/s1. The van der Waals surface area contributed by atoms with Gasteiger partial charge in [0.25, 0.3) is 0 Å². The first-order chi connectivity index (χ1) is 14.1. The zero-order valence-corrected chi connectivity index (χ0v) is 16.4. The Hall–Kier alpha value is -2.64. The summed E-state index contributed by atoms with van der Waals surface area (Å²) in [5, 5.41) is 20.5. The number of rotatable bonds is 4. The number of hydrogen-bond donors (Lipinski definition) is 2. The lowest BCUT2D eigenvalue weighted by atomic mass is 10.2. The summed E-state index contributed by atoms with van der Waals surface area (Å²) >= 11 is 6.36. The van der Waals surface area contributed by atoms with Crippen molar-refractivity contribution in [2.45, 2.75) is 44.6 Å². The Bertz CT molecular complexity index is 1080. The van der Waals surface area contributed by atoms with E-state index in [4.69, 9.17) is 16.3 Å². The third kappa shape index (κ3) is 3.80. The van der Waals surface area contributed by atoms with E-state index in [1.807, 2.05) is 0 Å². The van der Waals surface area contributed by atoms with Gasteiger partial charge in [0.15, 0.2) is 28.7 Å². The van der Waals surface area contributed by atoms with Gasteiger partial charge in [-0.25, -0.2) is 24.9 Å². The average Bonchev–Trinajstić information content (AvgIpc) is 3.26. The SMILES string of the molecule is CCCCC#Cc1nc(Cl)c2nc(-c3ncccn3)n([C@@H]3OC[C@@H](O)[C@H]3O)c2n1. The Labute approximate surface area is 171 Å². The molecule has 3 atom stereocenters. The maximum Gasteiger partial charge on any atom is 0.208 e. The fourth-order valence-electron chi connectivity index (χ4n) is 3.03. The molecule has 0 amide bonds. The second-order valence-electron chi connectivity index (χ2n) is 6.58. The van der Waals surface area contributed by atoms with Crippen molar-refractivity contribution in [3.05, 3.63) is 29.4 Å². The molecule has 4 rings (SSSR count). The van der Waals surface area contributed by atoms with Gasteiger partial charge < -0.3 is 14.9 Å². The van der Waals surface area contributed by atoms with Gasteiger partial charge in [0.1, 0.15) is 17.7 Å². The number of aromatic nitrogens is 6. The van der Waals surface area contributed by atoms with Crippen molar-refractivity contribution in [3.63, 3.8) is 0 Å². The van der Waals surface area contributed by atoms with Gasteiger partial charge in [-0.15, -0.1) is 0 Å². The van der Waals surface area contributed by atoms with Crippen LogP contribution in [0.2, 0.25) is 5.15 Å². The number of unbranched alkanes of at least 4 members (excludes halogenated alkanes) is 2. The van der Waals surface area contributed by atoms with Crippen molar-refractivity contribution >= 4 is 22.8 Å². The fourth-order valence-corrected chi connectivity index (χ4v) is 3.24. The van der Waals surface area contributed by atoms with Crippen molar-refractivity contribution in [1.29, 1.82) is 0 Å². The minimum atomic E-state index is -1.18. The first kappa shape index (κ1) is 19.7. The van der Waals surface area contributed by atoms with Crippen LogP contribution in [0.25, 0.3) is 22.8 Å². The fraction of sp³-hybridized carbons (Fsp3) is 0.421. The first-order valence-corrected chi connectivity index (χ1v) is 9.67. The molecule has 0 bridgehead atoms. The highest BCUT2D eigenvalue weighted by Gasteiger charge is 2.39. The van der Waals surface area contributed by atoms with E-state index in [0.717, 1.165) is 19.3 Å². The number of halogens is 1. The number of nitrogens with zero attached hydrogens (tertiary/aromatic N) is 6. The van der Waals surface area contributed by atoms with Crippen LogP contribution in [0, 0.1) is 11.8 Å². The van der Waals surface area contributed by atoms with E-state index in [-0.39, 0.29) is 17.6 Å². The van der Waals surface area contributed by atoms with Gasteiger partial charge in [0, 0.05) is 18.8 Å². The number of fused-ring (bicyclic) bond motifs is 1. The van der Waals surface area contributed by atoms with Crippen LogP contribution in [0.4, 0.5) is 0 Å². The molecule has 1 aliphatic heterocycles. The molecule has 2 N–H and O–H groups in total. The molecular formula is C19H19ClN6O3. The summed E-state index contributed by atoms with van der Waals surface area (Å²) in [6, 6.07) is 1.68. The van der Waals surface area contributed by atoms with Crippen molar-refractivity contribution in [3.8, 4) is 23.5 Å². The second-order valence-corrected chi connectivity index (χ2v) is 6.93. The number of aliphatic hydroxyl groups is 2. The van der Waals surface area contributed by atoms with E-state index in [2.05, 4.69) is 43.7 Å². The maximum atomic E-state index is 10.4. The lowest BCUT2D eigenvalue weighted by Gasteiger charge is -2.18. The van der Waals surface area contributed by atoms with E-state index in [9.17, 15) is 10.2 Å². The third-order valence-electron chi connectivity index (χ3n) is 4.50. The van der Waals surface area contributed by atoms with Crippen molar-refractivity contribution in [1.82, 2.24) is 29.5 Å². The van der Waals surface area contributed by atoms with Gasteiger partial charge >= 0.3 is 0 Å². The van der Waals surface area contributed by atoms with Crippen molar-refractivity contribution in [2.75, 3.05) is 6.61 Å². The molecule has 0 saturated carbocycles. The highest BCUT2D eigenvalue weighted by molar-refractivity contribution is 6.33. The summed E-state index contributed by atoms with van der Waals surface area (Å²) in [6.07, 6.45) is 2.76. The molecule has 29 heavy (non-hydrogen) atoms. The second kappa shape index (κ2) is 8.39. The molecule has 150 valence electrons. The molecule has 4 heterocycles. The maximum absolute atomic E-state index is 10.4. The highest BCUT2D eigenvalue weighted by Crippen LogP contribution is 2.33. The van der Waals surface area contributed by atoms with E-state index < -0.39 is 18.4 Å². The summed E-state index contributed by atoms with van der Waals surface area (Å²) in [5.74, 6) is 6.79. The van der Waals surface area contributed by atoms with Crippen molar-refractivity contribution < 1.29 is 14.9 Å². The molecule has 1 saturated heterocycles. The Morgan fingerprint density at radius 1 is 1.24 bits per heavy atom. The van der Waals surface area contributed by atoms with Crippen LogP contribution < -0.4 is 0 Å². The van der Waals surface area contributed by atoms with E-state index >= 15 is 0 Å². The van der Waals surface area contributed by atoms with Crippen LogP contribution in [0.3, 0.4) is 0 Å². The van der Waals surface area contributed by atoms with Gasteiger partial charge in [-0.05, 0) is 18.4 Å². The Balaban J connectivity index is 1.89. The minimum absolute atomic E-state index is 0.0247. The Morgan fingerprint density at radius 3 is 2.72 bits per heavy atom. The molecule has 3 aromatic rings. The third-order valence-corrected chi connectivity index (χ3v) is 4.76. The number of ether oxygens (including phenoxy) is 1. The molecule has 0 aliphatic carbocycles. The normalized spacial score (nSPS) is 21.3. The van der Waals surface area contributed by atoms with Crippen LogP contribution >= 0.6 is 11.6 Å². The van der Waals surface area contributed by atoms with E-state index in [1.54, 1.807) is 18.5 Å². The molecular weight excluding hydrogens is 396 g/mol. The number of hydrogen-bond acceptors (Lipinski definition) is 8. The molecule has 0 spiro atoms. The Morgan fingerprint density at radius 2 is 2.03 bits per heavy atom. The number of imidazole rings is 1. The molecule has 0 radical (unpaired) electrons. The van der Waals surface area contributed by atoms with Crippen LogP contribution in [0.1, 0.15) is 38.2 Å². The summed E-state index contributed by atoms with van der Waals surface area (Å²) < 4.78 is 7.15. The first-order valence-electron chi connectivity index (χ1n) is 9.29. The smallest absolute Gasteiger partial charge is 0.208 e. The quantitative estimate of drug-likeness (QED) is 0.376. The lowest BCUT2D eigenvalue weighted by Crippen LogP contribution is -2.28. The van der Waals surface area contributed by atoms with Crippen LogP contribution in [-0.2, 0) is 4.74 Å². The lowest BCUT2D eigenvalue weighted by molar-refractivity contribution is -0.0153. The predicted octanol–water partition coefficient (Wildman–Crippen LogP) is 1.73. The predicted molar refractivity (Wildman–Crippen MR) is 105 cm³/mol. The van der Waals surface area contributed by atoms with Crippen LogP contribution in [0.5, 0.6) is 0 Å². The van der Waals surface area contributed by atoms with E-state index in [0.29, 0.717) is 22.8 Å². The summed E-state index contributed by atoms with van der Waals surface area (Å²) in [7, 11) is 0. The van der Waals surface area contributed by atoms with Crippen molar-refractivity contribution in [2.24, 2.45) is 0 Å². The molecule has 1 aliphatic rings. The largest absolute Gasteiger partial charge is 0.388 e. The Kier molecular flexibility index (Phi) is 5.69. The monoisotopic (exact) mass is 414 g/mol. The average molecular weight is 415 g/mol. The summed E-state index contributed by atoms with van der Waals surface area (Å²) in [4.78, 5) is 21.7. The van der Waals surface area contributed by atoms with Crippen LogP contribution in [0.15, 0.2) is 18.5 Å². The van der Waals surface area contributed by atoms with Gasteiger partial charge in [0.05, 0.1) is 6.61 Å². The van der Waals surface area contributed by atoms with Gasteiger partial charge in [-0.1, -0.05) is 30.9 Å².